The van der Waals surface area contributed by atoms with Gasteiger partial charge in [0.05, 0.1) is 19.7 Å². The van der Waals surface area contributed by atoms with Gasteiger partial charge in [0, 0.05) is 30.7 Å². The van der Waals surface area contributed by atoms with Crippen LogP contribution < -0.4 is 4.74 Å². The summed E-state index contributed by atoms with van der Waals surface area (Å²) in [5, 5.41) is 0. The van der Waals surface area contributed by atoms with E-state index < -0.39 is 0 Å². The molecule has 1 aromatic carbocycles. The van der Waals surface area contributed by atoms with E-state index in [-0.39, 0.29) is 17.6 Å². The predicted octanol–water partition coefficient (Wildman–Crippen LogP) is 2.84. The Morgan fingerprint density at radius 1 is 1.28 bits per heavy atom. The molecule has 4 rings (SSSR count). The van der Waals surface area contributed by atoms with Crippen LogP contribution in [0.25, 0.3) is 0 Å². The zero-order valence-corrected chi connectivity index (χ0v) is 14.4. The number of hydrogen-bond acceptors (Lipinski definition) is 4. The van der Waals surface area contributed by atoms with Gasteiger partial charge in [-0.3, -0.25) is 4.79 Å². The molecule has 130 valence electrons. The zero-order chi connectivity index (χ0) is 17.3. The van der Waals surface area contributed by atoms with E-state index in [1.54, 1.807) is 6.20 Å². The van der Waals surface area contributed by atoms with Gasteiger partial charge in [-0.05, 0) is 25.1 Å². The van der Waals surface area contributed by atoms with Crippen LogP contribution in [0.2, 0.25) is 0 Å². The quantitative estimate of drug-likeness (QED) is 0.863. The van der Waals surface area contributed by atoms with E-state index in [1.165, 1.54) is 0 Å². The molecule has 2 fully saturated rings. The van der Waals surface area contributed by atoms with Crippen molar-refractivity contribution in [2.24, 2.45) is 0 Å². The minimum Gasteiger partial charge on any atom is -0.474 e. The van der Waals surface area contributed by atoms with Crippen molar-refractivity contribution in [3.63, 3.8) is 0 Å². The van der Waals surface area contributed by atoms with Crippen LogP contribution in [0.4, 0.5) is 0 Å². The molecular formula is C20H22N2O3. The minimum atomic E-state index is -0.267. The first-order valence-corrected chi connectivity index (χ1v) is 8.71. The number of aryl methyl sites for hydroxylation is 1. The SMILES string of the molecule is Cc1cccc(C(=O)N2CC3(C[C@H](Oc4ccccn4)CCO3)C2)c1. The van der Waals surface area contributed by atoms with Gasteiger partial charge >= 0.3 is 0 Å². The summed E-state index contributed by atoms with van der Waals surface area (Å²) in [5.74, 6) is 0.724. The van der Waals surface area contributed by atoms with Crippen LogP contribution in [0, 0.1) is 6.92 Å². The molecule has 0 radical (unpaired) electrons. The molecule has 2 aliphatic heterocycles. The van der Waals surface area contributed by atoms with Crippen molar-refractivity contribution in [2.45, 2.75) is 31.5 Å². The fraction of sp³-hybridized carbons (Fsp3) is 0.400. The third-order valence-corrected chi connectivity index (χ3v) is 4.88. The van der Waals surface area contributed by atoms with Gasteiger partial charge in [0.25, 0.3) is 5.91 Å². The molecule has 3 heterocycles. The normalized spacial score (nSPS) is 21.6. The van der Waals surface area contributed by atoms with Gasteiger partial charge in [0.15, 0.2) is 0 Å². The summed E-state index contributed by atoms with van der Waals surface area (Å²) in [7, 11) is 0. The number of ether oxygens (including phenoxy) is 2. The molecule has 1 atom stereocenters. The number of aromatic nitrogens is 1. The maximum Gasteiger partial charge on any atom is 0.254 e. The third-order valence-electron chi connectivity index (χ3n) is 4.88. The zero-order valence-electron chi connectivity index (χ0n) is 14.4. The van der Waals surface area contributed by atoms with Gasteiger partial charge in [-0.25, -0.2) is 4.98 Å². The Morgan fingerprint density at radius 2 is 2.16 bits per heavy atom. The van der Waals surface area contributed by atoms with Crippen LogP contribution >= 0.6 is 0 Å². The molecule has 0 N–H and O–H groups in total. The van der Waals surface area contributed by atoms with Crippen molar-refractivity contribution in [1.29, 1.82) is 0 Å². The average molecular weight is 338 g/mol. The molecular weight excluding hydrogens is 316 g/mol. The third kappa shape index (κ3) is 3.37. The van der Waals surface area contributed by atoms with Crippen molar-refractivity contribution in [3.05, 3.63) is 59.8 Å². The molecule has 5 nitrogen and oxygen atoms in total. The predicted molar refractivity (Wildman–Crippen MR) is 93.7 cm³/mol. The number of amides is 1. The highest BCUT2D eigenvalue weighted by atomic mass is 16.5. The van der Waals surface area contributed by atoms with Crippen LogP contribution in [0.15, 0.2) is 48.7 Å². The Labute approximate surface area is 147 Å². The topological polar surface area (TPSA) is 51.7 Å². The number of likely N-dealkylation sites (tertiary alicyclic amines) is 1. The maximum atomic E-state index is 12.6. The second-order valence-corrected chi connectivity index (χ2v) is 6.96. The highest BCUT2D eigenvalue weighted by Crippen LogP contribution is 2.36. The summed E-state index contributed by atoms with van der Waals surface area (Å²) < 4.78 is 12.0. The van der Waals surface area contributed by atoms with Crippen molar-refractivity contribution in [3.8, 4) is 5.88 Å². The summed E-state index contributed by atoms with van der Waals surface area (Å²) in [6, 6.07) is 13.4. The number of carbonyl (C=O) groups is 1. The summed E-state index contributed by atoms with van der Waals surface area (Å²) in [4.78, 5) is 18.7. The molecule has 2 aromatic rings. The number of hydrogen-bond donors (Lipinski definition) is 0. The maximum absolute atomic E-state index is 12.6. The number of benzene rings is 1. The van der Waals surface area contributed by atoms with Gasteiger partial charge in [-0.15, -0.1) is 0 Å². The first kappa shape index (κ1) is 16.1. The van der Waals surface area contributed by atoms with E-state index in [9.17, 15) is 4.79 Å². The Balaban J connectivity index is 1.37. The minimum absolute atomic E-state index is 0.0747. The van der Waals surface area contributed by atoms with E-state index in [4.69, 9.17) is 9.47 Å². The average Bonchev–Trinajstić information content (AvgIpc) is 2.60. The molecule has 25 heavy (non-hydrogen) atoms. The smallest absolute Gasteiger partial charge is 0.254 e. The van der Waals surface area contributed by atoms with E-state index >= 15 is 0 Å². The highest BCUT2D eigenvalue weighted by Gasteiger charge is 2.50. The Bertz CT molecular complexity index is 757. The van der Waals surface area contributed by atoms with Crippen molar-refractivity contribution < 1.29 is 14.3 Å². The molecule has 2 saturated heterocycles. The van der Waals surface area contributed by atoms with Gasteiger partial charge in [-0.2, -0.15) is 0 Å². The van der Waals surface area contributed by atoms with Crippen LogP contribution in [-0.4, -0.2) is 47.2 Å². The lowest BCUT2D eigenvalue weighted by atomic mass is 9.84. The molecule has 2 aliphatic rings. The van der Waals surface area contributed by atoms with E-state index in [1.807, 2.05) is 54.3 Å². The van der Waals surface area contributed by atoms with Crippen LogP contribution in [0.3, 0.4) is 0 Å². The number of rotatable bonds is 3. The highest BCUT2D eigenvalue weighted by molar-refractivity contribution is 5.95. The van der Waals surface area contributed by atoms with Gasteiger partial charge in [-0.1, -0.05) is 23.8 Å². The molecule has 0 saturated carbocycles. The molecule has 1 amide bonds. The summed E-state index contributed by atoms with van der Waals surface area (Å²) in [5.41, 5.74) is 1.57. The van der Waals surface area contributed by atoms with Crippen LogP contribution in [-0.2, 0) is 4.74 Å². The lowest BCUT2D eigenvalue weighted by Crippen LogP contribution is -2.67. The lowest BCUT2D eigenvalue weighted by Gasteiger charge is -2.52. The van der Waals surface area contributed by atoms with Crippen molar-refractivity contribution >= 4 is 5.91 Å². The van der Waals surface area contributed by atoms with Gasteiger partial charge in [0.1, 0.15) is 11.7 Å². The Hall–Kier alpha value is -2.40. The first-order chi connectivity index (χ1) is 12.1. The lowest BCUT2D eigenvalue weighted by molar-refractivity contribution is -0.174. The van der Waals surface area contributed by atoms with E-state index in [0.717, 1.165) is 24.0 Å². The number of nitrogens with zero attached hydrogens (tertiary/aromatic N) is 2. The van der Waals surface area contributed by atoms with Crippen LogP contribution in [0.5, 0.6) is 5.88 Å². The molecule has 1 spiro atoms. The fourth-order valence-electron chi connectivity index (χ4n) is 3.64. The molecule has 0 unspecified atom stereocenters. The summed E-state index contributed by atoms with van der Waals surface area (Å²) in [6.07, 6.45) is 3.46. The van der Waals surface area contributed by atoms with Crippen molar-refractivity contribution in [2.75, 3.05) is 19.7 Å². The second kappa shape index (κ2) is 6.48. The molecule has 5 heteroatoms. The molecule has 1 aromatic heterocycles. The first-order valence-electron chi connectivity index (χ1n) is 8.71. The fourth-order valence-corrected chi connectivity index (χ4v) is 3.64. The monoisotopic (exact) mass is 338 g/mol. The summed E-state index contributed by atoms with van der Waals surface area (Å²) in [6.45, 7) is 3.91. The number of pyridine rings is 1. The van der Waals surface area contributed by atoms with Crippen molar-refractivity contribution in [1.82, 2.24) is 9.88 Å². The van der Waals surface area contributed by atoms with Crippen LogP contribution in [0.1, 0.15) is 28.8 Å². The van der Waals surface area contributed by atoms with Gasteiger partial charge < -0.3 is 14.4 Å². The Morgan fingerprint density at radius 3 is 2.92 bits per heavy atom. The second-order valence-electron chi connectivity index (χ2n) is 6.96. The number of carbonyl (C=O) groups excluding carboxylic acids is 1. The molecule has 0 aliphatic carbocycles. The largest absolute Gasteiger partial charge is 0.474 e. The Kier molecular flexibility index (Phi) is 4.17. The van der Waals surface area contributed by atoms with Gasteiger partial charge in [0.2, 0.25) is 5.88 Å². The molecule has 0 bridgehead atoms. The van der Waals surface area contributed by atoms with E-state index in [0.29, 0.717) is 25.6 Å². The standard InChI is InChI=1S/C20H22N2O3/c1-15-5-4-6-16(11-15)19(23)22-13-20(14-22)12-17(8-10-24-20)25-18-7-2-3-9-21-18/h2-7,9,11,17H,8,10,12-14H2,1H3/t17-/m1/s1. The van der Waals surface area contributed by atoms with E-state index in [2.05, 4.69) is 4.98 Å². The summed E-state index contributed by atoms with van der Waals surface area (Å²) >= 11 is 0.